The number of rotatable bonds is 4. The molecule has 2 rings (SSSR count). The van der Waals surface area contributed by atoms with Crippen molar-refractivity contribution in [3.8, 4) is 5.75 Å². The molecule has 7 heteroatoms. The average molecular weight is 247 g/mol. The number of carbonyl (C=O) groups excluding carboxylic acids is 1. The van der Waals surface area contributed by atoms with E-state index in [-0.39, 0.29) is 11.9 Å². The Bertz CT molecular complexity index is 526. The fourth-order valence-corrected chi connectivity index (χ4v) is 1.50. The molecule has 0 bridgehead atoms. The Hall–Kier alpha value is -2.44. The highest BCUT2D eigenvalue weighted by atomic mass is 16.5. The summed E-state index contributed by atoms with van der Waals surface area (Å²) in [6.45, 7) is 1.81. The van der Waals surface area contributed by atoms with Gasteiger partial charge >= 0.3 is 0 Å². The minimum atomic E-state index is -0.266. The molecule has 0 aliphatic heterocycles. The van der Waals surface area contributed by atoms with Crippen LogP contribution in [0.5, 0.6) is 5.75 Å². The summed E-state index contributed by atoms with van der Waals surface area (Å²) in [5.74, 6) is 0.772. The molecule has 0 aliphatic rings. The summed E-state index contributed by atoms with van der Waals surface area (Å²) < 4.78 is 5.08. The first-order valence-corrected chi connectivity index (χ1v) is 5.36. The van der Waals surface area contributed by atoms with Gasteiger partial charge in [0, 0.05) is 6.20 Å². The second-order valence-corrected chi connectivity index (χ2v) is 3.64. The molecule has 2 heterocycles. The number of carbonyl (C=O) groups is 1. The number of nitrogens with one attached hydrogen (secondary N) is 2. The Morgan fingerprint density at radius 3 is 3.06 bits per heavy atom. The number of aromatic nitrogens is 4. The molecule has 1 atom stereocenters. The third kappa shape index (κ3) is 2.45. The molecule has 2 aromatic rings. The molecule has 0 radical (unpaired) electrons. The van der Waals surface area contributed by atoms with Gasteiger partial charge in [-0.15, -0.1) is 0 Å². The van der Waals surface area contributed by atoms with Crippen LogP contribution in [-0.2, 0) is 0 Å². The lowest BCUT2D eigenvalue weighted by Crippen LogP contribution is -2.27. The number of hydrogen-bond acceptors (Lipinski definition) is 5. The van der Waals surface area contributed by atoms with Gasteiger partial charge in [0.05, 0.1) is 24.9 Å². The predicted octanol–water partition coefficient (Wildman–Crippen LogP) is 0.699. The van der Waals surface area contributed by atoms with Crippen molar-refractivity contribution in [3.63, 3.8) is 0 Å². The first kappa shape index (κ1) is 12.0. The average Bonchev–Trinajstić information content (AvgIpc) is 2.92. The van der Waals surface area contributed by atoms with E-state index in [4.69, 9.17) is 4.74 Å². The van der Waals surface area contributed by atoms with Crippen LogP contribution in [0.1, 0.15) is 29.1 Å². The van der Waals surface area contributed by atoms with Crippen LogP contribution in [0.2, 0.25) is 0 Å². The first-order chi connectivity index (χ1) is 8.72. The molecular weight excluding hydrogens is 234 g/mol. The summed E-state index contributed by atoms with van der Waals surface area (Å²) in [7, 11) is 1.49. The van der Waals surface area contributed by atoms with Crippen molar-refractivity contribution in [2.45, 2.75) is 13.0 Å². The van der Waals surface area contributed by atoms with Gasteiger partial charge in [-0.05, 0) is 13.0 Å². The van der Waals surface area contributed by atoms with E-state index in [2.05, 4.69) is 25.5 Å². The molecule has 1 unspecified atom stereocenters. The van der Waals surface area contributed by atoms with Crippen molar-refractivity contribution in [3.05, 3.63) is 36.2 Å². The lowest BCUT2D eigenvalue weighted by atomic mass is 10.2. The van der Waals surface area contributed by atoms with Gasteiger partial charge in [0.25, 0.3) is 5.91 Å². The van der Waals surface area contributed by atoms with Gasteiger partial charge in [0.15, 0.2) is 0 Å². The van der Waals surface area contributed by atoms with Crippen LogP contribution < -0.4 is 10.1 Å². The number of pyridine rings is 1. The molecular formula is C11H13N5O2. The second-order valence-electron chi connectivity index (χ2n) is 3.64. The number of nitrogens with zero attached hydrogens (tertiary/aromatic N) is 3. The molecule has 18 heavy (non-hydrogen) atoms. The Balaban J connectivity index is 2.12. The highest BCUT2D eigenvalue weighted by Crippen LogP contribution is 2.16. The van der Waals surface area contributed by atoms with Crippen molar-refractivity contribution in [1.29, 1.82) is 0 Å². The Morgan fingerprint density at radius 1 is 1.56 bits per heavy atom. The fourth-order valence-electron chi connectivity index (χ4n) is 1.50. The number of aromatic amines is 1. The summed E-state index contributed by atoms with van der Waals surface area (Å²) >= 11 is 0. The number of H-pyrrole nitrogens is 1. The number of methoxy groups -OCH3 is 1. The van der Waals surface area contributed by atoms with Crippen molar-refractivity contribution in [2.75, 3.05) is 7.11 Å². The lowest BCUT2D eigenvalue weighted by Gasteiger charge is -2.12. The highest BCUT2D eigenvalue weighted by Gasteiger charge is 2.16. The molecule has 2 aromatic heterocycles. The maximum absolute atomic E-state index is 12.0. The lowest BCUT2D eigenvalue weighted by molar-refractivity contribution is 0.0935. The topological polar surface area (TPSA) is 92.8 Å². The second kappa shape index (κ2) is 5.26. The van der Waals surface area contributed by atoms with Crippen molar-refractivity contribution >= 4 is 5.91 Å². The van der Waals surface area contributed by atoms with Gasteiger partial charge in [-0.1, -0.05) is 0 Å². The summed E-state index contributed by atoms with van der Waals surface area (Å²) in [5.41, 5.74) is 0.430. The zero-order valence-electron chi connectivity index (χ0n) is 10.0. The zero-order chi connectivity index (χ0) is 13.0. The summed E-state index contributed by atoms with van der Waals surface area (Å²) in [6, 6.07) is 1.33. The first-order valence-electron chi connectivity index (χ1n) is 5.36. The van der Waals surface area contributed by atoms with E-state index < -0.39 is 0 Å². The van der Waals surface area contributed by atoms with Crippen LogP contribution in [-0.4, -0.2) is 33.2 Å². The molecule has 1 amide bonds. The van der Waals surface area contributed by atoms with Crippen LogP contribution >= 0.6 is 0 Å². The molecule has 0 saturated heterocycles. The number of hydrogen-bond donors (Lipinski definition) is 2. The Morgan fingerprint density at radius 2 is 2.39 bits per heavy atom. The SMILES string of the molecule is COc1cnccc1C(=O)NC(C)c1ncn[nH]1. The van der Waals surface area contributed by atoms with Gasteiger partial charge in [-0.3, -0.25) is 14.9 Å². The predicted molar refractivity (Wildman–Crippen MR) is 63.1 cm³/mol. The van der Waals surface area contributed by atoms with Crippen LogP contribution in [0.3, 0.4) is 0 Å². The Labute approximate surface area is 104 Å². The smallest absolute Gasteiger partial charge is 0.255 e. The Kier molecular flexibility index (Phi) is 3.52. The van der Waals surface area contributed by atoms with E-state index in [0.717, 1.165) is 0 Å². The number of ether oxygens (including phenoxy) is 1. The molecule has 0 aliphatic carbocycles. The molecule has 7 nitrogen and oxygen atoms in total. The van der Waals surface area contributed by atoms with Gasteiger partial charge in [-0.2, -0.15) is 5.10 Å². The van der Waals surface area contributed by atoms with Gasteiger partial charge in [0.2, 0.25) is 0 Å². The minimum absolute atomic E-state index is 0.252. The minimum Gasteiger partial charge on any atom is -0.494 e. The standard InChI is InChI=1S/C11H13N5O2/c1-7(10-13-6-14-16-10)15-11(17)8-3-4-12-5-9(8)18-2/h3-7H,1-2H3,(H,15,17)(H,13,14,16). The fraction of sp³-hybridized carbons (Fsp3) is 0.273. The molecule has 2 N–H and O–H groups in total. The summed E-state index contributed by atoms with van der Waals surface area (Å²) in [6.07, 6.45) is 4.43. The van der Waals surface area contributed by atoms with Crippen LogP contribution in [0.25, 0.3) is 0 Å². The van der Waals surface area contributed by atoms with E-state index in [9.17, 15) is 4.79 Å². The van der Waals surface area contributed by atoms with Crippen molar-refractivity contribution in [2.24, 2.45) is 0 Å². The van der Waals surface area contributed by atoms with Crippen LogP contribution in [0, 0.1) is 0 Å². The van der Waals surface area contributed by atoms with Crippen LogP contribution in [0.4, 0.5) is 0 Å². The van der Waals surface area contributed by atoms with Gasteiger partial charge in [0.1, 0.15) is 17.9 Å². The maximum atomic E-state index is 12.0. The third-order valence-corrected chi connectivity index (χ3v) is 2.44. The van der Waals surface area contributed by atoms with Gasteiger partial charge < -0.3 is 10.1 Å². The summed E-state index contributed by atoms with van der Waals surface area (Å²) in [4.78, 5) is 19.9. The van der Waals surface area contributed by atoms with Crippen molar-refractivity contribution in [1.82, 2.24) is 25.5 Å². The summed E-state index contributed by atoms with van der Waals surface area (Å²) in [5, 5.41) is 9.23. The van der Waals surface area contributed by atoms with E-state index in [1.165, 1.54) is 25.8 Å². The van der Waals surface area contributed by atoms with Crippen LogP contribution in [0.15, 0.2) is 24.8 Å². The van der Waals surface area contributed by atoms with Crippen molar-refractivity contribution < 1.29 is 9.53 Å². The normalized spacial score (nSPS) is 11.9. The molecule has 0 spiro atoms. The van der Waals surface area contributed by atoms with E-state index >= 15 is 0 Å². The van der Waals surface area contributed by atoms with E-state index in [1.807, 2.05) is 6.92 Å². The number of amides is 1. The zero-order valence-corrected chi connectivity index (χ0v) is 10.0. The quantitative estimate of drug-likeness (QED) is 0.829. The molecule has 0 fully saturated rings. The molecule has 0 aromatic carbocycles. The molecule has 0 saturated carbocycles. The highest BCUT2D eigenvalue weighted by molar-refractivity contribution is 5.96. The third-order valence-electron chi connectivity index (χ3n) is 2.44. The largest absolute Gasteiger partial charge is 0.494 e. The monoisotopic (exact) mass is 247 g/mol. The van der Waals surface area contributed by atoms with E-state index in [1.54, 1.807) is 6.07 Å². The molecule has 94 valence electrons. The maximum Gasteiger partial charge on any atom is 0.255 e. The van der Waals surface area contributed by atoms with Gasteiger partial charge in [-0.25, -0.2) is 4.98 Å². The van der Waals surface area contributed by atoms with E-state index in [0.29, 0.717) is 17.1 Å².